The Hall–Kier alpha value is -2.28. The van der Waals surface area contributed by atoms with Gasteiger partial charge in [-0.1, -0.05) is 13.8 Å². The molecule has 0 aromatic heterocycles. The maximum atomic E-state index is 12.7. The molecular formula is C19H28N2O5. The van der Waals surface area contributed by atoms with E-state index in [1.54, 1.807) is 25.2 Å². The first kappa shape index (κ1) is 20.0. The molecule has 0 unspecified atom stereocenters. The van der Waals surface area contributed by atoms with E-state index < -0.39 is 6.04 Å². The highest BCUT2D eigenvalue weighted by molar-refractivity contribution is 5.89. The van der Waals surface area contributed by atoms with Crippen molar-refractivity contribution in [2.75, 3.05) is 27.4 Å². The molecule has 2 rings (SSSR count). The molecule has 1 aliphatic heterocycles. The summed E-state index contributed by atoms with van der Waals surface area (Å²) in [6.45, 7) is 4.49. The first-order valence-electron chi connectivity index (χ1n) is 8.92. The lowest BCUT2D eigenvalue weighted by atomic mass is 10.1. The zero-order valence-electron chi connectivity index (χ0n) is 15.9. The van der Waals surface area contributed by atoms with Crippen LogP contribution < -0.4 is 14.8 Å². The van der Waals surface area contributed by atoms with Crippen molar-refractivity contribution in [2.45, 2.75) is 45.3 Å². The third-order valence-electron chi connectivity index (χ3n) is 4.67. The molecule has 1 fully saturated rings. The van der Waals surface area contributed by atoms with E-state index in [1.165, 1.54) is 0 Å². The molecule has 0 bridgehead atoms. The number of morpholine rings is 1. The number of rotatable bonds is 8. The largest absolute Gasteiger partial charge is 0.497 e. The molecule has 1 heterocycles. The summed E-state index contributed by atoms with van der Waals surface area (Å²) in [6, 6.07) is 4.86. The van der Waals surface area contributed by atoms with Gasteiger partial charge in [0.15, 0.2) is 0 Å². The lowest BCUT2D eigenvalue weighted by Crippen LogP contribution is -2.57. The van der Waals surface area contributed by atoms with Crippen molar-refractivity contribution in [1.82, 2.24) is 10.2 Å². The molecule has 0 spiro atoms. The fraction of sp³-hybridized carbons (Fsp3) is 0.579. The molecule has 144 valence electrons. The first-order chi connectivity index (χ1) is 12.5. The summed E-state index contributed by atoms with van der Waals surface area (Å²) in [5, 5.41) is 3.01. The van der Waals surface area contributed by atoms with Gasteiger partial charge in [0.1, 0.15) is 24.1 Å². The van der Waals surface area contributed by atoms with Crippen LogP contribution in [0.25, 0.3) is 0 Å². The van der Waals surface area contributed by atoms with Crippen molar-refractivity contribution in [3.05, 3.63) is 23.8 Å². The third-order valence-corrected chi connectivity index (χ3v) is 4.67. The van der Waals surface area contributed by atoms with Crippen molar-refractivity contribution < 1.29 is 23.8 Å². The molecule has 0 aliphatic carbocycles. The van der Waals surface area contributed by atoms with Gasteiger partial charge >= 0.3 is 0 Å². The maximum absolute atomic E-state index is 12.7. The topological polar surface area (TPSA) is 77.1 Å². The van der Waals surface area contributed by atoms with E-state index in [2.05, 4.69) is 5.32 Å². The highest BCUT2D eigenvalue weighted by Gasteiger charge is 2.35. The molecule has 1 atom stereocenters. The monoisotopic (exact) mass is 364 g/mol. The molecule has 1 aromatic carbocycles. The molecule has 7 nitrogen and oxygen atoms in total. The second-order valence-electron chi connectivity index (χ2n) is 6.25. The van der Waals surface area contributed by atoms with E-state index in [9.17, 15) is 9.59 Å². The number of hydrogen-bond acceptors (Lipinski definition) is 5. The van der Waals surface area contributed by atoms with Gasteiger partial charge in [-0.3, -0.25) is 9.59 Å². The van der Waals surface area contributed by atoms with Gasteiger partial charge in [0.2, 0.25) is 11.8 Å². The number of hydrogen-bond donors (Lipinski definition) is 1. The second-order valence-corrected chi connectivity index (χ2v) is 6.25. The van der Waals surface area contributed by atoms with E-state index in [1.807, 2.05) is 26.0 Å². The van der Waals surface area contributed by atoms with Crippen LogP contribution in [0.1, 0.15) is 32.3 Å². The molecule has 1 aromatic rings. The minimum absolute atomic E-state index is 0.0206. The highest BCUT2D eigenvalue weighted by atomic mass is 16.5. The number of methoxy groups -OCH3 is 2. The Labute approximate surface area is 154 Å². The Morgan fingerprint density at radius 1 is 1.31 bits per heavy atom. The molecule has 7 heteroatoms. The molecule has 1 saturated heterocycles. The van der Waals surface area contributed by atoms with E-state index in [0.717, 1.165) is 18.4 Å². The molecule has 2 amide bonds. The number of nitrogens with one attached hydrogen (secondary N) is 1. The van der Waals surface area contributed by atoms with Gasteiger partial charge in [-0.2, -0.15) is 0 Å². The minimum atomic E-state index is -0.649. The SMILES string of the molecule is CCC(CC)NC(=O)[C@@H]1COCC(=O)N1Cc1ccc(OC)cc1OC. The molecule has 1 aliphatic rings. The Morgan fingerprint density at radius 2 is 2.04 bits per heavy atom. The number of amides is 2. The Bertz CT molecular complexity index is 630. The number of carbonyl (C=O) groups excluding carboxylic acids is 2. The summed E-state index contributed by atoms with van der Waals surface area (Å²) >= 11 is 0. The summed E-state index contributed by atoms with van der Waals surface area (Å²) in [5.41, 5.74) is 0.809. The summed E-state index contributed by atoms with van der Waals surface area (Å²) < 4.78 is 15.9. The van der Waals surface area contributed by atoms with E-state index in [-0.39, 0.29) is 37.6 Å². The van der Waals surface area contributed by atoms with Gasteiger partial charge < -0.3 is 24.4 Å². The van der Waals surface area contributed by atoms with Gasteiger partial charge in [0.25, 0.3) is 0 Å². The lowest BCUT2D eigenvalue weighted by molar-refractivity contribution is -0.156. The predicted molar refractivity (Wildman–Crippen MR) is 97.2 cm³/mol. The summed E-state index contributed by atoms with van der Waals surface area (Å²) in [4.78, 5) is 26.7. The van der Waals surface area contributed by atoms with E-state index in [0.29, 0.717) is 11.5 Å². The highest BCUT2D eigenvalue weighted by Crippen LogP contribution is 2.27. The Kier molecular flexibility index (Phi) is 7.26. The van der Waals surface area contributed by atoms with Crippen LogP contribution in [-0.2, 0) is 20.9 Å². The van der Waals surface area contributed by atoms with Crippen molar-refractivity contribution in [1.29, 1.82) is 0 Å². The number of nitrogens with zero attached hydrogens (tertiary/aromatic N) is 1. The molecular weight excluding hydrogens is 336 g/mol. The number of carbonyl (C=O) groups is 2. The first-order valence-corrected chi connectivity index (χ1v) is 8.92. The lowest BCUT2D eigenvalue weighted by Gasteiger charge is -2.35. The maximum Gasteiger partial charge on any atom is 0.249 e. The zero-order chi connectivity index (χ0) is 19.1. The Morgan fingerprint density at radius 3 is 2.65 bits per heavy atom. The van der Waals surface area contributed by atoms with Gasteiger partial charge in [-0.15, -0.1) is 0 Å². The molecule has 0 radical (unpaired) electrons. The van der Waals surface area contributed by atoms with Crippen LogP contribution >= 0.6 is 0 Å². The van der Waals surface area contributed by atoms with Crippen molar-refractivity contribution in [2.24, 2.45) is 0 Å². The van der Waals surface area contributed by atoms with Crippen molar-refractivity contribution in [3.63, 3.8) is 0 Å². The summed E-state index contributed by atoms with van der Waals surface area (Å²) in [6.07, 6.45) is 1.69. The second kappa shape index (κ2) is 9.43. The van der Waals surface area contributed by atoms with E-state index in [4.69, 9.17) is 14.2 Å². The average Bonchev–Trinajstić information content (AvgIpc) is 2.67. The average molecular weight is 364 g/mol. The third kappa shape index (κ3) is 4.66. The number of benzene rings is 1. The van der Waals surface area contributed by atoms with Crippen LogP contribution in [0.4, 0.5) is 0 Å². The van der Waals surface area contributed by atoms with Crippen LogP contribution in [0.3, 0.4) is 0 Å². The van der Waals surface area contributed by atoms with Gasteiger partial charge in [-0.05, 0) is 25.0 Å². The standard InChI is InChI=1S/C19H28N2O5/c1-5-14(6-2)20-19(23)16-11-26-12-18(22)21(16)10-13-7-8-15(24-3)9-17(13)25-4/h7-9,14,16H,5-6,10-12H2,1-4H3,(H,20,23)/t16-/m0/s1. The van der Waals surface area contributed by atoms with Crippen LogP contribution in [0.2, 0.25) is 0 Å². The Balaban J connectivity index is 2.20. The normalized spacial score (nSPS) is 17.3. The molecule has 26 heavy (non-hydrogen) atoms. The summed E-state index contributed by atoms with van der Waals surface area (Å²) in [7, 11) is 3.15. The van der Waals surface area contributed by atoms with Crippen LogP contribution in [-0.4, -0.2) is 56.2 Å². The fourth-order valence-electron chi connectivity index (χ4n) is 2.98. The predicted octanol–water partition coefficient (Wildman–Crippen LogP) is 1.74. The van der Waals surface area contributed by atoms with Gasteiger partial charge in [0, 0.05) is 17.7 Å². The number of ether oxygens (including phenoxy) is 3. The minimum Gasteiger partial charge on any atom is -0.497 e. The fourth-order valence-corrected chi connectivity index (χ4v) is 2.98. The van der Waals surface area contributed by atoms with Crippen molar-refractivity contribution >= 4 is 11.8 Å². The van der Waals surface area contributed by atoms with Crippen LogP contribution in [0.5, 0.6) is 11.5 Å². The molecule has 1 N–H and O–H groups in total. The summed E-state index contributed by atoms with van der Waals surface area (Å²) in [5.74, 6) is 0.891. The van der Waals surface area contributed by atoms with Crippen LogP contribution in [0.15, 0.2) is 18.2 Å². The molecule has 0 saturated carbocycles. The van der Waals surface area contributed by atoms with E-state index >= 15 is 0 Å². The van der Waals surface area contributed by atoms with Crippen LogP contribution in [0, 0.1) is 0 Å². The quantitative estimate of drug-likeness (QED) is 0.760. The van der Waals surface area contributed by atoms with Crippen molar-refractivity contribution in [3.8, 4) is 11.5 Å². The smallest absolute Gasteiger partial charge is 0.249 e. The van der Waals surface area contributed by atoms with Gasteiger partial charge in [0.05, 0.1) is 27.4 Å². The zero-order valence-corrected chi connectivity index (χ0v) is 15.9. The van der Waals surface area contributed by atoms with Gasteiger partial charge in [-0.25, -0.2) is 0 Å².